The van der Waals surface area contributed by atoms with Crippen LogP contribution in [0.3, 0.4) is 0 Å². The van der Waals surface area contributed by atoms with Crippen LogP contribution < -0.4 is 0 Å². The van der Waals surface area contributed by atoms with Crippen LogP contribution in [0.1, 0.15) is 36.6 Å². The number of amides is 4. The van der Waals surface area contributed by atoms with Gasteiger partial charge in [-0.05, 0) is 37.5 Å². The van der Waals surface area contributed by atoms with E-state index < -0.39 is 0 Å². The summed E-state index contributed by atoms with van der Waals surface area (Å²) >= 11 is 7.76. The Morgan fingerprint density at radius 2 is 2.03 bits per heavy atom. The Balaban J connectivity index is 1.26. The number of thiazole rings is 1. The van der Waals surface area contributed by atoms with E-state index in [0.717, 1.165) is 28.1 Å². The van der Waals surface area contributed by atoms with Crippen LogP contribution in [-0.2, 0) is 9.59 Å². The van der Waals surface area contributed by atoms with Gasteiger partial charge < -0.3 is 9.80 Å². The highest BCUT2D eigenvalue weighted by atomic mass is 35.5. The molecule has 0 radical (unpaired) electrons. The highest BCUT2D eigenvalue weighted by Gasteiger charge is 2.33. The second-order valence-corrected chi connectivity index (χ2v) is 9.11. The number of halogens is 1. The van der Waals surface area contributed by atoms with Gasteiger partial charge in [0.2, 0.25) is 11.8 Å². The molecule has 2 fully saturated rings. The number of hydrogen-bond donors (Lipinski definition) is 0. The van der Waals surface area contributed by atoms with Crippen LogP contribution in [0.15, 0.2) is 18.2 Å². The van der Waals surface area contributed by atoms with Gasteiger partial charge in [0.25, 0.3) is 0 Å². The standard InChI is InChI=1S/C20H23ClN4O3S/c1-23-12-18(27)25(20(23)28)8-2-3-17(26)24-9-6-13(7-10-24)19-22-15-11-14(21)4-5-16(15)29-19/h4-5,11,13H,2-3,6-10,12H2,1H3. The summed E-state index contributed by atoms with van der Waals surface area (Å²) in [5.41, 5.74) is 0.938. The fourth-order valence-corrected chi connectivity index (χ4v) is 5.19. The molecule has 4 rings (SSSR count). The lowest BCUT2D eigenvalue weighted by atomic mass is 9.97. The number of imide groups is 1. The number of nitrogens with zero attached hydrogens (tertiary/aromatic N) is 4. The Morgan fingerprint density at radius 3 is 2.72 bits per heavy atom. The third-order valence-electron chi connectivity index (χ3n) is 5.57. The monoisotopic (exact) mass is 434 g/mol. The van der Waals surface area contributed by atoms with Crippen molar-refractivity contribution in [3.63, 3.8) is 0 Å². The van der Waals surface area contributed by atoms with Crippen LogP contribution in [0.2, 0.25) is 5.02 Å². The van der Waals surface area contributed by atoms with Crippen LogP contribution in [-0.4, -0.2) is 70.8 Å². The van der Waals surface area contributed by atoms with Gasteiger partial charge >= 0.3 is 6.03 Å². The number of piperidine rings is 1. The molecule has 154 valence electrons. The summed E-state index contributed by atoms with van der Waals surface area (Å²) in [4.78, 5) is 45.4. The number of carbonyl (C=O) groups is 3. The second-order valence-electron chi connectivity index (χ2n) is 7.61. The number of benzene rings is 1. The molecule has 0 aliphatic carbocycles. The first-order valence-corrected chi connectivity index (χ1v) is 11.0. The van der Waals surface area contributed by atoms with Crippen molar-refractivity contribution in [1.29, 1.82) is 0 Å². The Hall–Kier alpha value is -2.19. The van der Waals surface area contributed by atoms with E-state index >= 15 is 0 Å². The summed E-state index contributed by atoms with van der Waals surface area (Å²) in [5.74, 6) is 0.264. The maximum absolute atomic E-state index is 12.5. The topological polar surface area (TPSA) is 73.8 Å². The van der Waals surface area contributed by atoms with Gasteiger partial charge in [-0.2, -0.15) is 0 Å². The molecule has 3 heterocycles. The number of hydrogen-bond acceptors (Lipinski definition) is 5. The number of fused-ring (bicyclic) bond motifs is 1. The van der Waals surface area contributed by atoms with Crippen LogP contribution in [0.5, 0.6) is 0 Å². The molecule has 4 amide bonds. The highest BCUT2D eigenvalue weighted by molar-refractivity contribution is 7.18. The van der Waals surface area contributed by atoms with Crippen LogP contribution >= 0.6 is 22.9 Å². The van der Waals surface area contributed by atoms with Crippen LogP contribution in [0, 0.1) is 0 Å². The number of carbonyl (C=O) groups excluding carboxylic acids is 3. The molecule has 0 N–H and O–H groups in total. The third-order valence-corrected chi connectivity index (χ3v) is 7.00. The number of likely N-dealkylation sites (N-methyl/N-ethyl adjacent to an activating group) is 1. The molecule has 2 saturated heterocycles. The summed E-state index contributed by atoms with van der Waals surface area (Å²) in [7, 11) is 1.61. The minimum atomic E-state index is -0.277. The Labute approximate surface area is 178 Å². The largest absolute Gasteiger partial charge is 0.343 e. The molecule has 0 atom stereocenters. The lowest BCUT2D eigenvalue weighted by molar-refractivity contribution is -0.133. The van der Waals surface area contributed by atoms with Crippen molar-refractivity contribution in [2.45, 2.75) is 31.6 Å². The lowest BCUT2D eigenvalue weighted by Gasteiger charge is -2.31. The van der Waals surface area contributed by atoms with Gasteiger partial charge in [-0.15, -0.1) is 11.3 Å². The molecule has 7 nitrogen and oxygen atoms in total. The van der Waals surface area contributed by atoms with Gasteiger partial charge in [-0.25, -0.2) is 9.78 Å². The van der Waals surface area contributed by atoms with Gasteiger partial charge in [0.05, 0.1) is 15.2 Å². The van der Waals surface area contributed by atoms with Crippen molar-refractivity contribution in [3.05, 3.63) is 28.2 Å². The van der Waals surface area contributed by atoms with Crippen LogP contribution in [0.25, 0.3) is 10.2 Å². The molecular formula is C20H23ClN4O3S. The van der Waals surface area contributed by atoms with E-state index in [1.165, 1.54) is 9.80 Å². The third kappa shape index (κ3) is 4.23. The minimum Gasteiger partial charge on any atom is -0.343 e. The molecule has 29 heavy (non-hydrogen) atoms. The molecule has 1 aromatic carbocycles. The van der Waals surface area contributed by atoms with E-state index in [1.54, 1.807) is 18.4 Å². The predicted octanol–water partition coefficient (Wildman–Crippen LogP) is 3.33. The Morgan fingerprint density at radius 1 is 1.28 bits per heavy atom. The molecule has 9 heteroatoms. The summed E-state index contributed by atoms with van der Waals surface area (Å²) in [5, 5.41) is 1.81. The first-order chi connectivity index (χ1) is 13.9. The molecule has 0 unspecified atom stereocenters. The zero-order valence-electron chi connectivity index (χ0n) is 16.3. The maximum Gasteiger partial charge on any atom is 0.326 e. The SMILES string of the molecule is CN1CC(=O)N(CCCC(=O)N2CCC(c3nc4cc(Cl)ccc4s3)CC2)C1=O. The molecular weight excluding hydrogens is 412 g/mol. The Kier molecular flexibility index (Phi) is 5.74. The first kappa shape index (κ1) is 20.1. The maximum atomic E-state index is 12.5. The van der Waals surface area contributed by atoms with E-state index in [4.69, 9.17) is 16.6 Å². The zero-order chi connectivity index (χ0) is 20.5. The van der Waals surface area contributed by atoms with E-state index in [0.29, 0.717) is 43.4 Å². The number of urea groups is 1. The molecule has 0 bridgehead atoms. The molecule has 2 aromatic rings. The molecule has 2 aliphatic heterocycles. The smallest absolute Gasteiger partial charge is 0.326 e. The van der Waals surface area contributed by atoms with Gasteiger partial charge in [0.15, 0.2) is 0 Å². The van der Waals surface area contributed by atoms with Gasteiger partial charge in [0, 0.05) is 44.0 Å². The highest BCUT2D eigenvalue weighted by Crippen LogP contribution is 2.34. The van der Waals surface area contributed by atoms with E-state index in [1.807, 2.05) is 23.1 Å². The quantitative estimate of drug-likeness (QED) is 0.676. The van der Waals surface area contributed by atoms with E-state index in [2.05, 4.69) is 0 Å². The molecule has 0 saturated carbocycles. The number of rotatable bonds is 5. The Bertz CT molecular complexity index is 954. The van der Waals surface area contributed by atoms with Crippen molar-refractivity contribution in [3.8, 4) is 0 Å². The average molecular weight is 435 g/mol. The average Bonchev–Trinajstić information content (AvgIpc) is 3.23. The van der Waals surface area contributed by atoms with Crippen molar-refractivity contribution in [2.24, 2.45) is 0 Å². The zero-order valence-corrected chi connectivity index (χ0v) is 17.8. The first-order valence-electron chi connectivity index (χ1n) is 9.81. The van der Waals surface area contributed by atoms with Gasteiger partial charge in [-0.3, -0.25) is 14.5 Å². The minimum absolute atomic E-state index is 0.0898. The summed E-state index contributed by atoms with van der Waals surface area (Å²) in [6.07, 6.45) is 2.65. The molecule has 2 aliphatic rings. The number of aromatic nitrogens is 1. The predicted molar refractivity (Wildman–Crippen MR) is 112 cm³/mol. The summed E-state index contributed by atoms with van der Waals surface area (Å²) in [6, 6.07) is 5.50. The molecule has 1 aromatic heterocycles. The van der Waals surface area contributed by atoms with Crippen molar-refractivity contribution in [1.82, 2.24) is 19.7 Å². The van der Waals surface area contributed by atoms with Gasteiger partial charge in [0.1, 0.15) is 6.54 Å². The summed E-state index contributed by atoms with van der Waals surface area (Å²) < 4.78 is 1.14. The number of likely N-dealkylation sites (tertiary alicyclic amines) is 1. The summed E-state index contributed by atoms with van der Waals surface area (Å²) in [6.45, 7) is 1.85. The van der Waals surface area contributed by atoms with E-state index in [-0.39, 0.29) is 24.4 Å². The molecule has 0 spiro atoms. The van der Waals surface area contributed by atoms with Crippen LogP contribution in [0.4, 0.5) is 4.79 Å². The van der Waals surface area contributed by atoms with Crippen molar-refractivity contribution in [2.75, 3.05) is 33.2 Å². The fourth-order valence-electron chi connectivity index (χ4n) is 3.90. The van der Waals surface area contributed by atoms with E-state index in [9.17, 15) is 14.4 Å². The van der Waals surface area contributed by atoms with Crippen molar-refractivity contribution < 1.29 is 14.4 Å². The second kappa shape index (κ2) is 8.28. The van der Waals surface area contributed by atoms with Gasteiger partial charge in [-0.1, -0.05) is 11.6 Å². The fraction of sp³-hybridized carbons (Fsp3) is 0.500. The lowest BCUT2D eigenvalue weighted by Crippen LogP contribution is -2.38. The normalized spacial score (nSPS) is 18.3. The van der Waals surface area contributed by atoms with Crippen molar-refractivity contribution >= 4 is 51.0 Å².